The summed E-state index contributed by atoms with van der Waals surface area (Å²) in [4.78, 5) is 21.1. The minimum Gasteiger partial charge on any atom is -0.340 e. The topological polar surface area (TPSA) is 66.9 Å². The zero-order valence-electron chi connectivity index (χ0n) is 14.8. The Morgan fingerprint density at radius 1 is 1.00 bits per heavy atom. The van der Waals surface area contributed by atoms with Gasteiger partial charge in [-0.2, -0.15) is 0 Å². The van der Waals surface area contributed by atoms with Crippen molar-refractivity contribution < 1.29 is 4.79 Å². The van der Waals surface area contributed by atoms with Crippen LogP contribution >= 0.6 is 11.6 Å². The molecule has 1 amide bonds. The van der Waals surface area contributed by atoms with E-state index in [4.69, 9.17) is 11.6 Å². The molecule has 0 saturated carbocycles. The van der Waals surface area contributed by atoms with E-state index in [-0.39, 0.29) is 11.6 Å². The third-order valence-corrected chi connectivity index (χ3v) is 4.04. The van der Waals surface area contributed by atoms with Crippen LogP contribution in [0.2, 0.25) is 5.02 Å². The van der Waals surface area contributed by atoms with Gasteiger partial charge >= 0.3 is 0 Å². The molecule has 0 spiro atoms. The van der Waals surface area contributed by atoms with E-state index in [0.717, 1.165) is 16.8 Å². The molecule has 1 aromatic heterocycles. The van der Waals surface area contributed by atoms with Crippen LogP contribution in [0.3, 0.4) is 0 Å². The van der Waals surface area contributed by atoms with Crippen molar-refractivity contribution >= 4 is 34.7 Å². The van der Waals surface area contributed by atoms with Crippen LogP contribution in [0.4, 0.5) is 17.2 Å². The lowest BCUT2D eigenvalue weighted by molar-refractivity contribution is 0.102. The maximum absolute atomic E-state index is 12.5. The first-order valence-electron chi connectivity index (χ1n) is 8.17. The summed E-state index contributed by atoms with van der Waals surface area (Å²) in [7, 11) is 0. The van der Waals surface area contributed by atoms with E-state index in [1.54, 1.807) is 37.3 Å². The molecule has 3 aromatic rings. The number of anilines is 3. The standard InChI is InChI=1S/C20H19ClN4O/c1-12-7-8-13(2)17(9-12)25-19-11-18(22-14(3)23-19)20(26)24-16-6-4-5-15(21)10-16/h4-11H,1-3H3,(H,24,26)(H,22,23,25). The normalized spacial score (nSPS) is 10.5. The van der Waals surface area contributed by atoms with Gasteiger partial charge < -0.3 is 10.6 Å². The number of benzene rings is 2. The molecule has 0 fully saturated rings. The van der Waals surface area contributed by atoms with E-state index >= 15 is 0 Å². The first kappa shape index (κ1) is 17.9. The monoisotopic (exact) mass is 366 g/mol. The second kappa shape index (κ2) is 7.54. The minimum atomic E-state index is -0.318. The second-order valence-electron chi connectivity index (χ2n) is 6.09. The van der Waals surface area contributed by atoms with Crippen molar-refractivity contribution in [1.29, 1.82) is 0 Å². The van der Waals surface area contributed by atoms with E-state index in [2.05, 4.69) is 26.7 Å². The van der Waals surface area contributed by atoms with Gasteiger partial charge in [0, 0.05) is 22.5 Å². The molecule has 0 aliphatic heterocycles. The van der Waals surface area contributed by atoms with Gasteiger partial charge in [-0.15, -0.1) is 0 Å². The average Bonchev–Trinajstić information content (AvgIpc) is 2.57. The highest BCUT2D eigenvalue weighted by Crippen LogP contribution is 2.22. The van der Waals surface area contributed by atoms with E-state index in [0.29, 0.717) is 22.4 Å². The number of hydrogen-bond donors (Lipinski definition) is 2. The minimum absolute atomic E-state index is 0.283. The number of rotatable bonds is 4. The van der Waals surface area contributed by atoms with Gasteiger partial charge in [0.2, 0.25) is 0 Å². The van der Waals surface area contributed by atoms with Crippen molar-refractivity contribution in [2.75, 3.05) is 10.6 Å². The number of halogens is 1. The number of aryl methyl sites for hydroxylation is 3. The van der Waals surface area contributed by atoms with E-state index in [1.165, 1.54) is 0 Å². The molecule has 0 saturated heterocycles. The largest absolute Gasteiger partial charge is 0.340 e. The molecule has 26 heavy (non-hydrogen) atoms. The fourth-order valence-electron chi connectivity index (χ4n) is 2.52. The van der Waals surface area contributed by atoms with Crippen LogP contribution in [0.5, 0.6) is 0 Å². The first-order valence-corrected chi connectivity index (χ1v) is 8.55. The van der Waals surface area contributed by atoms with Crippen molar-refractivity contribution in [2.45, 2.75) is 20.8 Å². The molecule has 6 heteroatoms. The zero-order chi connectivity index (χ0) is 18.7. The van der Waals surface area contributed by atoms with Gasteiger partial charge in [0.05, 0.1) is 0 Å². The summed E-state index contributed by atoms with van der Waals surface area (Å²) in [6, 6.07) is 14.7. The Labute approximate surface area is 157 Å². The van der Waals surface area contributed by atoms with Gasteiger partial charge in [-0.1, -0.05) is 29.8 Å². The molecule has 2 aromatic carbocycles. The molecule has 0 aliphatic carbocycles. The summed E-state index contributed by atoms with van der Waals surface area (Å²) in [5.74, 6) is 0.765. The lowest BCUT2D eigenvalue weighted by atomic mass is 10.1. The highest BCUT2D eigenvalue weighted by molar-refractivity contribution is 6.30. The summed E-state index contributed by atoms with van der Waals surface area (Å²) in [5, 5.41) is 6.62. The Morgan fingerprint density at radius 3 is 2.58 bits per heavy atom. The number of nitrogens with one attached hydrogen (secondary N) is 2. The van der Waals surface area contributed by atoms with Gasteiger partial charge in [0.1, 0.15) is 17.3 Å². The summed E-state index contributed by atoms with van der Waals surface area (Å²) >= 11 is 5.96. The Kier molecular flexibility index (Phi) is 5.19. The van der Waals surface area contributed by atoms with Gasteiger partial charge in [-0.05, 0) is 56.2 Å². The fourth-order valence-corrected chi connectivity index (χ4v) is 2.71. The SMILES string of the molecule is Cc1ccc(C)c(Nc2cc(C(=O)Nc3cccc(Cl)c3)nc(C)n2)c1. The smallest absolute Gasteiger partial charge is 0.274 e. The summed E-state index contributed by atoms with van der Waals surface area (Å²) in [5.41, 5.74) is 4.08. The lowest BCUT2D eigenvalue weighted by Crippen LogP contribution is -2.15. The highest BCUT2D eigenvalue weighted by Gasteiger charge is 2.12. The second-order valence-corrected chi connectivity index (χ2v) is 6.53. The summed E-state index contributed by atoms with van der Waals surface area (Å²) < 4.78 is 0. The van der Waals surface area contributed by atoms with Crippen molar-refractivity contribution in [3.05, 3.63) is 76.2 Å². The first-order chi connectivity index (χ1) is 12.4. The van der Waals surface area contributed by atoms with E-state index in [1.807, 2.05) is 26.0 Å². The van der Waals surface area contributed by atoms with E-state index in [9.17, 15) is 4.79 Å². The van der Waals surface area contributed by atoms with Crippen LogP contribution in [0, 0.1) is 20.8 Å². The number of hydrogen-bond acceptors (Lipinski definition) is 4. The van der Waals surface area contributed by atoms with Gasteiger partial charge in [0.25, 0.3) is 5.91 Å². The molecule has 2 N–H and O–H groups in total. The summed E-state index contributed by atoms with van der Waals surface area (Å²) in [6.07, 6.45) is 0. The molecule has 0 bridgehead atoms. The van der Waals surface area contributed by atoms with Gasteiger partial charge in [-0.3, -0.25) is 4.79 Å². The van der Waals surface area contributed by atoms with Crippen LogP contribution in [-0.2, 0) is 0 Å². The third-order valence-electron chi connectivity index (χ3n) is 3.81. The number of amides is 1. The molecular formula is C20H19ClN4O. The molecule has 1 heterocycles. The van der Waals surface area contributed by atoms with Crippen molar-refractivity contribution in [2.24, 2.45) is 0 Å². The highest BCUT2D eigenvalue weighted by atomic mass is 35.5. The predicted octanol–water partition coefficient (Wildman–Crippen LogP) is 5.05. The van der Waals surface area contributed by atoms with Crippen molar-refractivity contribution in [3.63, 3.8) is 0 Å². The maximum Gasteiger partial charge on any atom is 0.274 e. The predicted molar refractivity (Wildman–Crippen MR) is 105 cm³/mol. The number of carbonyl (C=O) groups excluding carboxylic acids is 1. The molecule has 0 atom stereocenters. The average molecular weight is 367 g/mol. The Hall–Kier alpha value is -2.92. The quantitative estimate of drug-likeness (QED) is 0.678. The fraction of sp³-hybridized carbons (Fsp3) is 0.150. The van der Waals surface area contributed by atoms with Crippen molar-refractivity contribution in [3.8, 4) is 0 Å². The number of aromatic nitrogens is 2. The molecule has 0 radical (unpaired) electrons. The Morgan fingerprint density at radius 2 is 1.81 bits per heavy atom. The summed E-state index contributed by atoms with van der Waals surface area (Å²) in [6.45, 7) is 5.80. The van der Waals surface area contributed by atoms with Crippen LogP contribution in [0.25, 0.3) is 0 Å². The Balaban J connectivity index is 1.85. The molecule has 132 valence electrons. The zero-order valence-corrected chi connectivity index (χ0v) is 15.6. The van der Waals surface area contributed by atoms with Crippen LogP contribution in [-0.4, -0.2) is 15.9 Å². The van der Waals surface area contributed by atoms with E-state index < -0.39 is 0 Å². The number of carbonyl (C=O) groups is 1. The molecule has 5 nitrogen and oxygen atoms in total. The third kappa shape index (κ3) is 4.37. The van der Waals surface area contributed by atoms with Crippen LogP contribution < -0.4 is 10.6 Å². The molecule has 0 unspecified atom stereocenters. The molecule has 0 aliphatic rings. The lowest BCUT2D eigenvalue weighted by Gasteiger charge is -2.12. The molecule has 3 rings (SSSR count). The number of nitrogens with zero attached hydrogens (tertiary/aromatic N) is 2. The van der Waals surface area contributed by atoms with Crippen molar-refractivity contribution in [1.82, 2.24) is 9.97 Å². The van der Waals surface area contributed by atoms with Crippen LogP contribution in [0.1, 0.15) is 27.4 Å². The van der Waals surface area contributed by atoms with Gasteiger partial charge in [-0.25, -0.2) is 9.97 Å². The molecular weight excluding hydrogens is 348 g/mol. The maximum atomic E-state index is 12.5. The Bertz CT molecular complexity index is 972. The van der Waals surface area contributed by atoms with Gasteiger partial charge in [0.15, 0.2) is 0 Å². The van der Waals surface area contributed by atoms with Crippen LogP contribution in [0.15, 0.2) is 48.5 Å².